The minimum absolute atomic E-state index is 0.272. The smallest absolute Gasteiger partial charge is 0.316 e. The van der Waals surface area contributed by atoms with E-state index in [9.17, 15) is 14.3 Å². The van der Waals surface area contributed by atoms with E-state index in [1.165, 1.54) is 13.2 Å². The van der Waals surface area contributed by atoms with Gasteiger partial charge in [0, 0.05) is 6.42 Å². The maximum Gasteiger partial charge on any atom is 0.316 e. The third kappa shape index (κ3) is 3.44. The van der Waals surface area contributed by atoms with E-state index in [0.717, 1.165) is 0 Å². The zero-order valence-corrected chi connectivity index (χ0v) is 13.8. The van der Waals surface area contributed by atoms with Crippen molar-refractivity contribution in [3.8, 4) is 0 Å². The minimum atomic E-state index is -0.896. The van der Waals surface area contributed by atoms with Crippen molar-refractivity contribution in [3.63, 3.8) is 0 Å². The molecule has 1 N–H and O–H groups in total. The normalized spacial score (nSPS) is 20.9. The van der Waals surface area contributed by atoms with Gasteiger partial charge in [0.1, 0.15) is 5.82 Å². The number of carbonyl (C=O) groups is 1. The first kappa shape index (κ1) is 17.6. The third-order valence-electron chi connectivity index (χ3n) is 3.85. The summed E-state index contributed by atoms with van der Waals surface area (Å²) in [4.78, 5) is 12.2. The van der Waals surface area contributed by atoms with E-state index in [0.29, 0.717) is 30.4 Å². The van der Waals surface area contributed by atoms with Crippen molar-refractivity contribution in [1.82, 2.24) is 0 Å². The molecule has 2 atom stereocenters. The highest BCUT2D eigenvalue weighted by Crippen LogP contribution is 2.41. The number of carbonyl (C=O) groups excluding carboxylic acids is 1. The molecular formula is C16H22FO3P. The van der Waals surface area contributed by atoms with Crippen LogP contribution in [0.25, 0.3) is 0 Å². The average Bonchev–Trinajstić information content (AvgIpc) is 2.52. The topological polar surface area (TPSA) is 46.5 Å². The summed E-state index contributed by atoms with van der Waals surface area (Å²) in [5.74, 6) is -0.446. The molecule has 1 aliphatic rings. The van der Waals surface area contributed by atoms with E-state index < -0.39 is 5.41 Å². The van der Waals surface area contributed by atoms with E-state index >= 15 is 0 Å². The van der Waals surface area contributed by atoms with Gasteiger partial charge in [0.15, 0.2) is 0 Å². The summed E-state index contributed by atoms with van der Waals surface area (Å²) in [5, 5.41) is 9.50. The maximum absolute atomic E-state index is 13.7. The highest BCUT2D eigenvalue weighted by molar-refractivity contribution is 7.15. The van der Waals surface area contributed by atoms with Gasteiger partial charge < -0.3 is 9.84 Å². The van der Waals surface area contributed by atoms with E-state index in [2.05, 4.69) is 9.24 Å². The number of hydrogen-bond acceptors (Lipinski definition) is 3. The second-order valence-corrected chi connectivity index (χ2v) is 4.89. The summed E-state index contributed by atoms with van der Waals surface area (Å²) >= 11 is 0. The number of ether oxygens (including phenoxy) is 1. The minimum Gasteiger partial charge on any atom is -0.513 e. The number of benzene rings is 1. The zero-order chi connectivity index (χ0) is 16.0. The molecule has 3 nitrogen and oxygen atoms in total. The number of aliphatic hydroxyl groups is 1. The molecule has 0 aromatic heterocycles. The van der Waals surface area contributed by atoms with Crippen molar-refractivity contribution in [3.05, 3.63) is 47.0 Å². The van der Waals surface area contributed by atoms with Crippen LogP contribution in [0.5, 0.6) is 0 Å². The van der Waals surface area contributed by atoms with Gasteiger partial charge in [-0.25, -0.2) is 4.39 Å². The lowest BCUT2D eigenvalue weighted by molar-refractivity contribution is -0.148. The lowest BCUT2D eigenvalue weighted by Gasteiger charge is -2.34. The highest BCUT2D eigenvalue weighted by Gasteiger charge is 2.43. The Balaban J connectivity index is 0.00000106. The molecule has 5 heteroatoms. The van der Waals surface area contributed by atoms with Gasteiger partial charge in [-0.15, -0.1) is 9.24 Å². The lowest BCUT2D eigenvalue weighted by Crippen LogP contribution is -2.39. The molecule has 0 heterocycles. The molecule has 0 bridgehead atoms. The van der Waals surface area contributed by atoms with Crippen molar-refractivity contribution < 1.29 is 19.0 Å². The number of methoxy groups -OCH3 is 1. The molecule has 0 saturated heterocycles. The van der Waals surface area contributed by atoms with Gasteiger partial charge in [-0.1, -0.05) is 18.8 Å². The lowest BCUT2D eigenvalue weighted by atomic mass is 9.70. The summed E-state index contributed by atoms with van der Waals surface area (Å²) in [7, 11) is 3.75. The molecule has 116 valence electrons. The van der Waals surface area contributed by atoms with Crippen LogP contribution >= 0.6 is 9.24 Å². The van der Waals surface area contributed by atoms with Crippen molar-refractivity contribution in [2.45, 2.75) is 31.6 Å². The Morgan fingerprint density at radius 2 is 2.10 bits per heavy atom. The second-order valence-electron chi connectivity index (χ2n) is 4.89. The molecule has 0 spiro atoms. The number of halogens is 1. The Morgan fingerprint density at radius 1 is 1.43 bits per heavy atom. The summed E-state index contributed by atoms with van der Waals surface area (Å²) in [5.41, 5.74) is 0.207. The fourth-order valence-electron chi connectivity index (χ4n) is 2.70. The summed E-state index contributed by atoms with van der Waals surface area (Å²) in [6, 6.07) is 4.73. The number of esters is 1. The Bertz CT molecular complexity index is 542. The number of aliphatic hydroxyl groups excluding tert-OH is 1. The molecule has 0 fully saturated rings. The van der Waals surface area contributed by atoms with E-state index in [-0.39, 0.29) is 17.5 Å². The summed E-state index contributed by atoms with van der Waals surface area (Å²) in [6.07, 6.45) is 2.76. The highest BCUT2D eigenvalue weighted by atomic mass is 31.0. The van der Waals surface area contributed by atoms with Crippen molar-refractivity contribution in [2.24, 2.45) is 0 Å². The van der Waals surface area contributed by atoms with Gasteiger partial charge >= 0.3 is 5.97 Å². The van der Waals surface area contributed by atoms with E-state index in [1.807, 2.05) is 6.66 Å². The molecular weight excluding hydrogens is 290 g/mol. The van der Waals surface area contributed by atoms with Crippen molar-refractivity contribution in [2.75, 3.05) is 13.8 Å². The van der Waals surface area contributed by atoms with Crippen LogP contribution in [0, 0.1) is 12.7 Å². The largest absolute Gasteiger partial charge is 0.513 e. The molecule has 2 unspecified atom stereocenters. The standard InChI is InChI=1S/C15H17FO3.CH5P/c1-10-12(4-3-5-13(10)16)15(14(18)19-2)8-6-11(17)7-9-15;1-2/h3-6,17H,7-9H2,1-2H3;2H2,1H3. The Kier molecular flexibility index (Phi) is 6.35. The van der Waals surface area contributed by atoms with Crippen LogP contribution in [-0.4, -0.2) is 24.9 Å². The third-order valence-corrected chi connectivity index (χ3v) is 3.85. The van der Waals surface area contributed by atoms with Crippen molar-refractivity contribution >= 4 is 15.2 Å². The fraction of sp³-hybridized carbons (Fsp3) is 0.438. The first-order valence-corrected chi connectivity index (χ1v) is 7.96. The number of allylic oxidation sites excluding steroid dienone is 2. The summed E-state index contributed by atoms with van der Waals surface area (Å²) in [6.45, 7) is 3.58. The van der Waals surface area contributed by atoms with Gasteiger partial charge in [-0.05, 0) is 43.0 Å². The van der Waals surface area contributed by atoms with Crippen LogP contribution in [0.4, 0.5) is 4.39 Å². The summed E-state index contributed by atoms with van der Waals surface area (Å²) < 4.78 is 18.6. The zero-order valence-electron chi connectivity index (χ0n) is 12.6. The predicted octanol–water partition coefficient (Wildman–Crippen LogP) is 3.66. The molecule has 0 saturated carbocycles. The van der Waals surface area contributed by atoms with Crippen LogP contribution in [-0.2, 0) is 14.9 Å². The molecule has 1 aromatic carbocycles. The molecule has 21 heavy (non-hydrogen) atoms. The Labute approximate surface area is 127 Å². The van der Waals surface area contributed by atoms with Crippen LogP contribution in [0.3, 0.4) is 0 Å². The van der Waals surface area contributed by atoms with Gasteiger partial charge in [0.2, 0.25) is 0 Å². The average molecular weight is 312 g/mol. The fourth-order valence-corrected chi connectivity index (χ4v) is 2.70. The van der Waals surface area contributed by atoms with Gasteiger partial charge in [-0.3, -0.25) is 4.79 Å². The van der Waals surface area contributed by atoms with Crippen LogP contribution in [0.2, 0.25) is 0 Å². The monoisotopic (exact) mass is 312 g/mol. The molecule has 0 radical (unpaired) electrons. The maximum atomic E-state index is 13.7. The molecule has 1 aromatic rings. The van der Waals surface area contributed by atoms with Gasteiger partial charge in [-0.2, -0.15) is 0 Å². The van der Waals surface area contributed by atoms with Crippen LogP contribution < -0.4 is 0 Å². The predicted molar refractivity (Wildman–Crippen MR) is 85.0 cm³/mol. The second kappa shape index (κ2) is 7.56. The first-order chi connectivity index (χ1) is 10.0. The quantitative estimate of drug-likeness (QED) is 0.669. The molecule has 0 aliphatic heterocycles. The van der Waals surface area contributed by atoms with Gasteiger partial charge in [0.05, 0.1) is 18.3 Å². The van der Waals surface area contributed by atoms with E-state index in [4.69, 9.17) is 4.74 Å². The van der Waals surface area contributed by atoms with Gasteiger partial charge in [0.25, 0.3) is 0 Å². The Hall–Kier alpha value is -1.41. The molecule has 2 rings (SSSR count). The van der Waals surface area contributed by atoms with Crippen LogP contribution in [0.1, 0.15) is 30.4 Å². The molecule has 1 aliphatic carbocycles. The molecule has 0 amide bonds. The first-order valence-electron chi connectivity index (χ1n) is 6.81. The number of hydrogen-bond donors (Lipinski definition) is 1. The van der Waals surface area contributed by atoms with E-state index in [1.54, 1.807) is 25.1 Å². The SMILES string of the molecule is COC(=O)C1(c2cccc(F)c2C)CC=C(O)CC1.CP. The van der Waals surface area contributed by atoms with Crippen molar-refractivity contribution in [1.29, 1.82) is 0 Å². The van der Waals surface area contributed by atoms with Crippen LogP contribution in [0.15, 0.2) is 30.0 Å². The Morgan fingerprint density at radius 3 is 2.62 bits per heavy atom. The number of rotatable bonds is 2.